The van der Waals surface area contributed by atoms with Crippen LogP contribution in [-0.2, 0) is 14.8 Å². The summed E-state index contributed by atoms with van der Waals surface area (Å²) in [5.74, 6) is -0.584. The normalized spacial score (nSPS) is 11.0. The molecule has 0 unspecified atom stereocenters. The Balaban J connectivity index is 2.61. The average molecular weight is 430 g/mol. The van der Waals surface area contributed by atoms with E-state index in [1.807, 2.05) is 0 Å². The molecule has 8 nitrogen and oxygen atoms in total. The van der Waals surface area contributed by atoms with Crippen molar-refractivity contribution >= 4 is 33.3 Å². The largest absolute Gasteiger partial charge is 0.495 e. The third kappa shape index (κ3) is 4.60. The molecular formula is C18H20ClNO7S. The van der Waals surface area contributed by atoms with Gasteiger partial charge in [-0.3, -0.25) is 9.10 Å². The van der Waals surface area contributed by atoms with Crippen molar-refractivity contribution in [3.63, 3.8) is 0 Å². The number of ether oxygens (including phenoxy) is 3. The zero-order valence-corrected chi connectivity index (χ0v) is 17.1. The van der Waals surface area contributed by atoms with Crippen molar-refractivity contribution in [3.8, 4) is 17.2 Å². The van der Waals surface area contributed by atoms with E-state index < -0.39 is 22.5 Å². The Labute approximate surface area is 168 Å². The molecule has 2 rings (SSSR count). The Morgan fingerprint density at radius 3 is 2.21 bits per heavy atom. The molecule has 0 fully saturated rings. The van der Waals surface area contributed by atoms with Gasteiger partial charge in [-0.25, -0.2) is 8.42 Å². The first-order valence-electron chi connectivity index (χ1n) is 8.13. The molecule has 0 radical (unpaired) electrons. The lowest BCUT2D eigenvalue weighted by Crippen LogP contribution is -2.36. The lowest BCUT2D eigenvalue weighted by molar-refractivity contribution is -0.135. The van der Waals surface area contributed by atoms with Crippen LogP contribution in [0.1, 0.15) is 6.92 Å². The number of sulfonamides is 1. The van der Waals surface area contributed by atoms with Gasteiger partial charge in [-0.05, 0) is 31.2 Å². The zero-order valence-electron chi connectivity index (χ0n) is 15.5. The van der Waals surface area contributed by atoms with E-state index in [2.05, 4.69) is 0 Å². The highest BCUT2D eigenvalue weighted by molar-refractivity contribution is 7.92. The number of methoxy groups -OCH3 is 2. The van der Waals surface area contributed by atoms with E-state index in [4.69, 9.17) is 25.8 Å². The van der Waals surface area contributed by atoms with Crippen molar-refractivity contribution in [1.82, 2.24) is 0 Å². The summed E-state index contributed by atoms with van der Waals surface area (Å²) in [5.41, 5.74) is -0.0139. The summed E-state index contributed by atoms with van der Waals surface area (Å²) in [7, 11) is -1.55. The van der Waals surface area contributed by atoms with Gasteiger partial charge in [0.15, 0.2) is 0 Å². The minimum Gasteiger partial charge on any atom is -0.495 e. The molecule has 0 amide bonds. The van der Waals surface area contributed by atoms with Crippen LogP contribution in [0.25, 0.3) is 0 Å². The van der Waals surface area contributed by atoms with Crippen LogP contribution in [0, 0.1) is 0 Å². The minimum absolute atomic E-state index is 0.0139. The Hall–Kier alpha value is -2.65. The van der Waals surface area contributed by atoms with Crippen LogP contribution in [0.4, 0.5) is 5.69 Å². The number of carboxylic acid groups (broad SMARTS) is 1. The van der Waals surface area contributed by atoms with Crippen molar-refractivity contribution in [1.29, 1.82) is 0 Å². The summed E-state index contributed by atoms with van der Waals surface area (Å²) in [6, 6.07) is 8.35. The maximum Gasteiger partial charge on any atom is 0.324 e. The quantitative estimate of drug-likeness (QED) is 0.653. The summed E-state index contributed by atoms with van der Waals surface area (Å²) < 4.78 is 42.7. The van der Waals surface area contributed by atoms with E-state index >= 15 is 0 Å². The van der Waals surface area contributed by atoms with Crippen LogP contribution in [0.5, 0.6) is 17.2 Å². The topological polar surface area (TPSA) is 102 Å². The number of carbonyl (C=O) groups is 1. The summed E-state index contributed by atoms with van der Waals surface area (Å²) in [4.78, 5) is 11.3. The minimum atomic E-state index is -4.23. The van der Waals surface area contributed by atoms with E-state index in [1.54, 1.807) is 6.92 Å². The highest BCUT2D eigenvalue weighted by Crippen LogP contribution is 2.40. The Morgan fingerprint density at radius 1 is 1.11 bits per heavy atom. The van der Waals surface area contributed by atoms with Gasteiger partial charge in [0.25, 0.3) is 10.0 Å². The molecule has 0 saturated carbocycles. The monoisotopic (exact) mass is 429 g/mol. The molecule has 0 atom stereocenters. The van der Waals surface area contributed by atoms with Crippen LogP contribution in [0.2, 0.25) is 5.02 Å². The molecule has 0 aliphatic heterocycles. The van der Waals surface area contributed by atoms with Gasteiger partial charge in [-0.2, -0.15) is 0 Å². The number of aliphatic carboxylic acids is 1. The number of hydrogen-bond donors (Lipinski definition) is 1. The molecule has 0 aromatic heterocycles. The van der Waals surface area contributed by atoms with Gasteiger partial charge < -0.3 is 19.3 Å². The van der Waals surface area contributed by atoms with E-state index in [-0.39, 0.29) is 27.1 Å². The molecule has 152 valence electrons. The molecule has 28 heavy (non-hydrogen) atoms. The first kappa shape index (κ1) is 21.6. The Kier molecular flexibility index (Phi) is 6.98. The van der Waals surface area contributed by atoms with Crippen molar-refractivity contribution in [2.24, 2.45) is 0 Å². The molecular weight excluding hydrogens is 410 g/mol. The van der Waals surface area contributed by atoms with Crippen LogP contribution in [-0.4, -0.2) is 46.9 Å². The summed E-state index contributed by atoms with van der Waals surface area (Å²) in [6.07, 6.45) is 0. The highest BCUT2D eigenvalue weighted by atomic mass is 35.5. The molecule has 0 spiro atoms. The Morgan fingerprint density at radius 2 is 1.71 bits per heavy atom. The molecule has 0 bridgehead atoms. The van der Waals surface area contributed by atoms with Crippen LogP contribution < -0.4 is 18.5 Å². The predicted molar refractivity (Wildman–Crippen MR) is 104 cm³/mol. The van der Waals surface area contributed by atoms with Crippen molar-refractivity contribution < 1.29 is 32.5 Å². The molecule has 0 aliphatic rings. The molecule has 1 N–H and O–H groups in total. The van der Waals surface area contributed by atoms with E-state index in [0.717, 1.165) is 4.31 Å². The SMILES string of the molecule is CCOc1ccc(S(=O)(=O)N(CC(=O)O)c2cc(OC)c(Cl)cc2OC)cc1. The zero-order chi connectivity index (χ0) is 20.9. The fourth-order valence-corrected chi connectivity index (χ4v) is 4.11. The van der Waals surface area contributed by atoms with Gasteiger partial charge in [-0.15, -0.1) is 0 Å². The second kappa shape index (κ2) is 9.03. The van der Waals surface area contributed by atoms with Crippen LogP contribution >= 0.6 is 11.6 Å². The first-order valence-corrected chi connectivity index (χ1v) is 9.95. The van der Waals surface area contributed by atoms with Crippen molar-refractivity contribution in [2.45, 2.75) is 11.8 Å². The second-order valence-electron chi connectivity index (χ2n) is 5.47. The number of benzene rings is 2. The van der Waals surface area contributed by atoms with Gasteiger partial charge in [0.1, 0.15) is 23.8 Å². The molecule has 2 aromatic carbocycles. The fourth-order valence-electron chi connectivity index (χ4n) is 2.46. The molecule has 0 saturated heterocycles. The van der Waals surface area contributed by atoms with Gasteiger partial charge >= 0.3 is 5.97 Å². The second-order valence-corrected chi connectivity index (χ2v) is 7.74. The average Bonchev–Trinajstić information content (AvgIpc) is 2.66. The molecule has 0 aliphatic carbocycles. The van der Waals surface area contributed by atoms with E-state index in [0.29, 0.717) is 12.4 Å². The maximum absolute atomic E-state index is 13.2. The number of anilines is 1. The summed E-state index contributed by atoms with van der Waals surface area (Å²) >= 11 is 6.07. The van der Waals surface area contributed by atoms with E-state index in [1.165, 1.54) is 50.6 Å². The standard InChI is InChI=1S/C18H20ClNO7S/c1-4-27-12-5-7-13(8-6-12)28(23,24)20(11-18(21)22)15-10-16(25-2)14(19)9-17(15)26-3/h5-10H,4,11H2,1-3H3,(H,21,22). The predicted octanol–water partition coefficient (Wildman–Crippen LogP) is 3.04. The summed E-state index contributed by atoms with van der Waals surface area (Å²) in [5, 5.41) is 9.48. The number of carboxylic acids is 1. The van der Waals surface area contributed by atoms with Gasteiger partial charge in [0, 0.05) is 12.1 Å². The molecule has 2 aromatic rings. The fraction of sp³-hybridized carbons (Fsp3) is 0.278. The maximum atomic E-state index is 13.2. The summed E-state index contributed by atoms with van der Waals surface area (Å²) in [6.45, 7) is 1.41. The highest BCUT2D eigenvalue weighted by Gasteiger charge is 2.30. The lowest BCUT2D eigenvalue weighted by Gasteiger charge is -2.25. The third-order valence-corrected chi connectivity index (χ3v) is 5.79. The van der Waals surface area contributed by atoms with E-state index in [9.17, 15) is 18.3 Å². The smallest absolute Gasteiger partial charge is 0.324 e. The van der Waals surface area contributed by atoms with Crippen LogP contribution in [0.15, 0.2) is 41.3 Å². The van der Waals surface area contributed by atoms with Crippen LogP contribution in [0.3, 0.4) is 0 Å². The first-order chi connectivity index (χ1) is 13.2. The number of nitrogens with zero attached hydrogens (tertiary/aromatic N) is 1. The third-order valence-electron chi connectivity index (χ3n) is 3.72. The van der Waals surface area contributed by atoms with Crippen molar-refractivity contribution in [3.05, 3.63) is 41.4 Å². The number of halogens is 1. The molecule has 0 heterocycles. The van der Waals surface area contributed by atoms with Gasteiger partial charge in [-0.1, -0.05) is 11.6 Å². The Bertz CT molecular complexity index is 945. The number of hydrogen-bond acceptors (Lipinski definition) is 6. The lowest BCUT2D eigenvalue weighted by atomic mass is 10.2. The van der Waals surface area contributed by atoms with Gasteiger partial charge in [0.2, 0.25) is 0 Å². The molecule has 10 heteroatoms. The van der Waals surface area contributed by atoms with Crippen molar-refractivity contribution in [2.75, 3.05) is 31.7 Å². The number of rotatable bonds is 9. The van der Waals surface area contributed by atoms with Gasteiger partial charge in [0.05, 0.1) is 36.4 Å².